The van der Waals surface area contributed by atoms with Crippen LogP contribution in [-0.4, -0.2) is 19.4 Å². The molecule has 0 saturated heterocycles. The highest BCUT2D eigenvalue weighted by atomic mass is 16.6. The number of oxime groups is 1. The average Bonchev–Trinajstić information content (AvgIpc) is 2.61. The summed E-state index contributed by atoms with van der Waals surface area (Å²) in [4.78, 5) is 5.29. The molecule has 0 unspecified atom stereocenters. The molecule has 5 heteroatoms. The molecule has 0 radical (unpaired) electrons. The normalized spacial score (nSPS) is 10.4. The molecule has 124 valence electrons. The van der Waals surface area contributed by atoms with Crippen molar-refractivity contribution in [3.8, 4) is 17.6 Å². The van der Waals surface area contributed by atoms with Crippen LogP contribution >= 0.6 is 0 Å². The van der Waals surface area contributed by atoms with E-state index in [4.69, 9.17) is 19.6 Å². The second-order valence-electron chi connectivity index (χ2n) is 4.85. The number of nitrogens with zero attached hydrogens (tertiary/aromatic N) is 2. The van der Waals surface area contributed by atoms with Crippen LogP contribution in [0.3, 0.4) is 0 Å². The maximum absolute atomic E-state index is 9.03. The lowest BCUT2D eigenvalue weighted by Crippen LogP contribution is -1.99. The van der Waals surface area contributed by atoms with Crippen molar-refractivity contribution < 1.29 is 14.3 Å². The number of benzene rings is 2. The zero-order valence-electron chi connectivity index (χ0n) is 13.9. The van der Waals surface area contributed by atoms with Gasteiger partial charge in [-0.25, -0.2) is 0 Å². The highest BCUT2D eigenvalue weighted by Gasteiger charge is 2.05. The molecule has 5 nitrogen and oxygen atoms in total. The molecular weight excluding hydrogens is 304 g/mol. The van der Waals surface area contributed by atoms with Gasteiger partial charge in [-0.05, 0) is 38.1 Å². The van der Waals surface area contributed by atoms with Crippen LogP contribution in [0.1, 0.15) is 30.5 Å². The van der Waals surface area contributed by atoms with Crippen LogP contribution in [0.25, 0.3) is 0 Å². The Kier molecular flexibility index (Phi) is 6.66. The van der Waals surface area contributed by atoms with Gasteiger partial charge in [0, 0.05) is 11.1 Å². The molecule has 0 amide bonds. The van der Waals surface area contributed by atoms with E-state index in [2.05, 4.69) is 11.2 Å². The van der Waals surface area contributed by atoms with Crippen molar-refractivity contribution in [1.29, 1.82) is 5.26 Å². The van der Waals surface area contributed by atoms with Gasteiger partial charge in [-0.3, -0.25) is 0 Å². The molecule has 24 heavy (non-hydrogen) atoms. The van der Waals surface area contributed by atoms with Crippen LogP contribution in [-0.2, 0) is 11.4 Å². The van der Waals surface area contributed by atoms with Gasteiger partial charge in [0.2, 0.25) is 0 Å². The van der Waals surface area contributed by atoms with Crippen molar-refractivity contribution in [2.45, 2.75) is 20.5 Å². The molecule has 0 aliphatic heterocycles. The van der Waals surface area contributed by atoms with Gasteiger partial charge in [0.15, 0.2) is 11.5 Å². The Morgan fingerprint density at radius 1 is 1.04 bits per heavy atom. The largest absolute Gasteiger partial charge is 0.490 e. The minimum absolute atomic E-state index is 0.246. The minimum atomic E-state index is 0.246. The highest BCUT2D eigenvalue weighted by Crippen LogP contribution is 2.28. The summed E-state index contributed by atoms with van der Waals surface area (Å²) in [5, 5.41) is 13.0. The number of nitriles is 1. The monoisotopic (exact) mass is 324 g/mol. The topological polar surface area (TPSA) is 63.8 Å². The SMILES string of the molecule is CCOc1ccc(/C=N\OCc2ccccc2C#N)cc1OCC. The number of hydrogen-bond acceptors (Lipinski definition) is 5. The van der Waals surface area contributed by atoms with Crippen LogP contribution < -0.4 is 9.47 Å². The fourth-order valence-electron chi connectivity index (χ4n) is 2.11. The van der Waals surface area contributed by atoms with Crippen molar-refractivity contribution in [1.82, 2.24) is 0 Å². The van der Waals surface area contributed by atoms with E-state index in [-0.39, 0.29) is 6.61 Å². The summed E-state index contributed by atoms with van der Waals surface area (Å²) in [5.41, 5.74) is 2.24. The van der Waals surface area contributed by atoms with Crippen molar-refractivity contribution >= 4 is 6.21 Å². The molecule has 0 N–H and O–H groups in total. The molecule has 2 rings (SSSR count). The lowest BCUT2D eigenvalue weighted by molar-refractivity contribution is 0.132. The molecule has 2 aromatic rings. The van der Waals surface area contributed by atoms with E-state index < -0.39 is 0 Å². The molecule has 0 heterocycles. The third-order valence-corrected chi connectivity index (χ3v) is 3.20. The van der Waals surface area contributed by atoms with E-state index in [0.717, 1.165) is 11.1 Å². The van der Waals surface area contributed by atoms with Crippen LogP contribution in [0, 0.1) is 11.3 Å². The number of hydrogen-bond donors (Lipinski definition) is 0. The Bertz CT molecular complexity index is 736. The molecule has 0 aromatic heterocycles. The maximum atomic E-state index is 9.03. The Morgan fingerprint density at radius 2 is 1.79 bits per heavy atom. The zero-order chi connectivity index (χ0) is 17.2. The molecule has 0 aliphatic carbocycles. The van der Waals surface area contributed by atoms with Gasteiger partial charge in [-0.2, -0.15) is 5.26 Å². The van der Waals surface area contributed by atoms with Crippen molar-refractivity contribution in [2.24, 2.45) is 5.16 Å². The maximum Gasteiger partial charge on any atom is 0.161 e. The number of rotatable bonds is 8. The lowest BCUT2D eigenvalue weighted by Gasteiger charge is -2.11. The molecule has 0 spiro atoms. The first kappa shape index (κ1) is 17.4. The van der Waals surface area contributed by atoms with Gasteiger partial charge in [0.05, 0.1) is 31.1 Å². The standard InChI is InChI=1S/C19H20N2O3/c1-3-22-18-10-9-15(11-19(18)23-4-2)13-21-24-14-17-8-6-5-7-16(17)12-20/h5-11,13H,3-4,14H2,1-2H3/b21-13-. The lowest BCUT2D eigenvalue weighted by atomic mass is 10.1. The van der Waals surface area contributed by atoms with E-state index in [1.165, 1.54) is 0 Å². The second kappa shape index (κ2) is 9.21. The summed E-state index contributed by atoms with van der Waals surface area (Å²) >= 11 is 0. The second-order valence-corrected chi connectivity index (χ2v) is 4.85. The van der Waals surface area contributed by atoms with Crippen LogP contribution in [0.2, 0.25) is 0 Å². The van der Waals surface area contributed by atoms with E-state index >= 15 is 0 Å². The predicted molar refractivity (Wildman–Crippen MR) is 92.3 cm³/mol. The van der Waals surface area contributed by atoms with Gasteiger partial charge < -0.3 is 14.3 Å². The molecule has 0 bridgehead atoms. The predicted octanol–water partition coefficient (Wildman–Crippen LogP) is 3.91. The van der Waals surface area contributed by atoms with Gasteiger partial charge >= 0.3 is 0 Å². The summed E-state index contributed by atoms with van der Waals surface area (Å²) in [5.74, 6) is 1.39. The Balaban J connectivity index is 2.01. The summed E-state index contributed by atoms with van der Waals surface area (Å²) in [6.45, 7) is 5.23. The molecule has 0 saturated carbocycles. The van der Waals surface area contributed by atoms with Crippen LogP contribution in [0.5, 0.6) is 11.5 Å². The van der Waals surface area contributed by atoms with E-state index in [0.29, 0.717) is 30.3 Å². The first-order chi connectivity index (χ1) is 11.8. The Labute approximate surface area is 142 Å². The molecule has 2 aromatic carbocycles. The fourth-order valence-corrected chi connectivity index (χ4v) is 2.11. The minimum Gasteiger partial charge on any atom is -0.490 e. The van der Waals surface area contributed by atoms with Gasteiger partial charge in [-0.1, -0.05) is 23.4 Å². The van der Waals surface area contributed by atoms with Gasteiger partial charge in [-0.15, -0.1) is 0 Å². The van der Waals surface area contributed by atoms with Crippen molar-refractivity contribution in [2.75, 3.05) is 13.2 Å². The van der Waals surface area contributed by atoms with Gasteiger partial charge in [0.25, 0.3) is 0 Å². The summed E-state index contributed by atoms with van der Waals surface area (Å²) < 4.78 is 11.1. The summed E-state index contributed by atoms with van der Waals surface area (Å²) in [7, 11) is 0. The third-order valence-electron chi connectivity index (χ3n) is 3.20. The molecule has 0 atom stereocenters. The fraction of sp³-hybridized carbons (Fsp3) is 0.263. The van der Waals surface area contributed by atoms with Crippen LogP contribution in [0.4, 0.5) is 0 Å². The Hall–Kier alpha value is -3.00. The van der Waals surface area contributed by atoms with Crippen LogP contribution in [0.15, 0.2) is 47.6 Å². The van der Waals surface area contributed by atoms with E-state index in [1.807, 2.05) is 50.2 Å². The van der Waals surface area contributed by atoms with E-state index in [9.17, 15) is 0 Å². The van der Waals surface area contributed by atoms with Gasteiger partial charge in [0.1, 0.15) is 6.61 Å². The third kappa shape index (κ3) is 4.75. The molecule has 0 aliphatic rings. The van der Waals surface area contributed by atoms with E-state index in [1.54, 1.807) is 12.3 Å². The molecule has 0 fully saturated rings. The first-order valence-corrected chi connectivity index (χ1v) is 7.81. The highest BCUT2D eigenvalue weighted by molar-refractivity contribution is 5.80. The smallest absolute Gasteiger partial charge is 0.161 e. The van der Waals surface area contributed by atoms with Crippen molar-refractivity contribution in [3.05, 3.63) is 59.2 Å². The Morgan fingerprint density at radius 3 is 2.54 bits per heavy atom. The first-order valence-electron chi connectivity index (χ1n) is 7.81. The number of ether oxygens (including phenoxy) is 2. The summed E-state index contributed by atoms with van der Waals surface area (Å²) in [6.07, 6.45) is 1.60. The van der Waals surface area contributed by atoms with Crippen molar-refractivity contribution in [3.63, 3.8) is 0 Å². The average molecular weight is 324 g/mol. The quantitative estimate of drug-likeness (QED) is 0.545. The summed E-state index contributed by atoms with van der Waals surface area (Å²) in [6, 6.07) is 15.0. The molecular formula is C19H20N2O3. The zero-order valence-corrected chi connectivity index (χ0v) is 13.9.